The van der Waals surface area contributed by atoms with Crippen LogP contribution in [0.2, 0.25) is 0 Å². The van der Waals surface area contributed by atoms with E-state index in [4.69, 9.17) is 4.52 Å². The normalized spacial score (nSPS) is 18.4. The van der Waals surface area contributed by atoms with Gasteiger partial charge in [0, 0.05) is 12.0 Å². The van der Waals surface area contributed by atoms with Crippen LogP contribution < -0.4 is 10.9 Å². The Bertz CT molecular complexity index is 921. The molecule has 2 heterocycles. The summed E-state index contributed by atoms with van der Waals surface area (Å²) in [7, 11) is -3.04. The first kappa shape index (κ1) is 18.1. The molecule has 0 radical (unpaired) electrons. The van der Waals surface area contributed by atoms with E-state index in [0.29, 0.717) is 17.9 Å². The highest BCUT2D eigenvalue weighted by atomic mass is 32.2. The number of amides is 2. The summed E-state index contributed by atoms with van der Waals surface area (Å²) in [6, 6.07) is 9.08. The molecule has 2 amide bonds. The summed E-state index contributed by atoms with van der Waals surface area (Å²) in [6.07, 6.45) is 0.514. The van der Waals surface area contributed by atoms with Crippen LogP contribution in [0, 0.1) is 12.8 Å². The molecule has 3 rings (SSSR count). The minimum atomic E-state index is -3.04. The van der Waals surface area contributed by atoms with Gasteiger partial charge in [0.1, 0.15) is 17.0 Å². The van der Waals surface area contributed by atoms with Gasteiger partial charge in [-0.25, -0.2) is 8.42 Å². The standard InChI is InChI=1S/C17H19N3O5S/c1-11-15(16(20-25-11)13-5-3-2-4-6-13)17(22)19-18-14(21)9-12-7-8-26(23,24)10-12/h2-6,12H,7-10H2,1H3,(H,18,21)(H,19,22)/t12-/m1/s1. The van der Waals surface area contributed by atoms with Crippen LogP contribution in [-0.2, 0) is 14.6 Å². The van der Waals surface area contributed by atoms with Crippen molar-refractivity contribution in [1.82, 2.24) is 16.0 Å². The fourth-order valence-electron chi connectivity index (χ4n) is 2.97. The smallest absolute Gasteiger partial charge is 0.275 e. The molecule has 0 aliphatic carbocycles. The Balaban J connectivity index is 1.62. The van der Waals surface area contributed by atoms with Gasteiger partial charge in [-0.2, -0.15) is 0 Å². The molecule has 1 atom stereocenters. The van der Waals surface area contributed by atoms with E-state index in [1.54, 1.807) is 19.1 Å². The lowest BCUT2D eigenvalue weighted by Crippen LogP contribution is -2.42. The fourth-order valence-corrected chi connectivity index (χ4v) is 4.83. The summed E-state index contributed by atoms with van der Waals surface area (Å²) < 4.78 is 28.0. The molecule has 8 nitrogen and oxygen atoms in total. The molecule has 0 saturated carbocycles. The van der Waals surface area contributed by atoms with Gasteiger partial charge in [-0.15, -0.1) is 0 Å². The Morgan fingerprint density at radius 3 is 2.62 bits per heavy atom. The molecular weight excluding hydrogens is 358 g/mol. The molecule has 2 N–H and O–H groups in total. The third kappa shape index (κ3) is 4.10. The topological polar surface area (TPSA) is 118 Å². The first-order valence-electron chi connectivity index (χ1n) is 8.17. The van der Waals surface area contributed by atoms with Crippen LogP contribution in [-0.4, -0.2) is 36.9 Å². The predicted octanol–water partition coefficient (Wildman–Crippen LogP) is 1.24. The van der Waals surface area contributed by atoms with Crippen molar-refractivity contribution in [1.29, 1.82) is 0 Å². The second-order valence-electron chi connectivity index (χ2n) is 6.30. The summed E-state index contributed by atoms with van der Waals surface area (Å²) in [6.45, 7) is 1.61. The molecule has 9 heteroatoms. The molecule has 1 aliphatic rings. The first-order valence-corrected chi connectivity index (χ1v) is 9.99. The molecule has 1 aliphatic heterocycles. The summed E-state index contributed by atoms with van der Waals surface area (Å²) in [5.41, 5.74) is 6.01. The molecule has 1 fully saturated rings. The second-order valence-corrected chi connectivity index (χ2v) is 8.53. The SMILES string of the molecule is Cc1onc(-c2ccccc2)c1C(=O)NNC(=O)C[C@H]1CCS(=O)(=O)C1. The lowest BCUT2D eigenvalue weighted by atomic mass is 10.1. The number of hydrogen-bond acceptors (Lipinski definition) is 6. The molecule has 26 heavy (non-hydrogen) atoms. The minimum Gasteiger partial charge on any atom is -0.360 e. The molecule has 2 aromatic rings. The van der Waals surface area contributed by atoms with E-state index in [2.05, 4.69) is 16.0 Å². The number of rotatable bonds is 4. The quantitative estimate of drug-likeness (QED) is 0.774. The maximum Gasteiger partial charge on any atom is 0.275 e. The molecule has 1 aromatic heterocycles. The van der Waals surface area contributed by atoms with Crippen molar-refractivity contribution in [3.63, 3.8) is 0 Å². The van der Waals surface area contributed by atoms with Crippen molar-refractivity contribution in [3.8, 4) is 11.3 Å². The van der Waals surface area contributed by atoms with Crippen LogP contribution in [0.25, 0.3) is 11.3 Å². The summed E-state index contributed by atoms with van der Waals surface area (Å²) in [4.78, 5) is 24.4. The van der Waals surface area contributed by atoms with Gasteiger partial charge in [0.05, 0.1) is 11.5 Å². The largest absolute Gasteiger partial charge is 0.360 e. The Hall–Kier alpha value is -2.68. The minimum absolute atomic E-state index is 0.0112. The maximum absolute atomic E-state index is 12.4. The van der Waals surface area contributed by atoms with Crippen molar-refractivity contribution in [3.05, 3.63) is 41.7 Å². The zero-order valence-electron chi connectivity index (χ0n) is 14.2. The van der Waals surface area contributed by atoms with Crippen molar-refractivity contribution in [2.24, 2.45) is 5.92 Å². The van der Waals surface area contributed by atoms with Crippen LogP contribution in [0.4, 0.5) is 0 Å². The van der Waals surface area contributed by atoms with Gasteiger partial charge in [-0.05, 0) is 19.3 Å². The van der Waals surface area contributed by atoms with Gasteiger partial charge >= 0.3 is 0 Å². The highest BCUT2D eigenvalue weighted by molar-refractivity contribution is 7.91. The molecular formula is C17H19N3O5S. The van der Waals surface area contributed by atoms with Crippen molar-refractivity contribution in [2.75, 3.05) is 11.5 Å². The average molecular weight is 377 g/mol. The number of hydrogen-bond donors (Lipinski definition) is 2. The zero-order valence-corrected chi connectivity index (χ0v) is 15.0. The zero-order chi connectivity index (χ0) is 18.7. The second kappa shape index (κ2) is 7.28. The van der Waals surface area contributed by atoms with E-state index in [-0.39, 0.29) is 29.4 Å². The number of nitrogens with one attached hydrogen (secondary N) is 2. The molecule has 1 aromatic carbocycles. The van der Waals surface area contributed by atoms with E-state index < -0.39 is 21.7 Å². The Kier molecular flexibility index (Phi) is 5.08. The highest BCUT2D eigenvalue weighted by Crippen LogP contribution is 2.25. The van der Waals surface area contributed by atoms with E-state index >= 15 is 0 Å². The summed E-state index contributed by atoms with van der Waals surface area (Å²) >= 11 is 0. The van der Waals surface area contributed by atoms with Gasteiger partial charge in [-0.3, -0.25) is 20.4 Å². The Morgan fingerprint density at radius 1 is 1.23 bits per heavy atom. The van der Waals surface area contributed by atoms with E-state index in [9.17, 15) is 18.0 Å². The van der Waals surface area contributed by atoms with Gasteiger partial charge in [0.15, 0.2) is 9.84 Å². The van der Waals surface area contributed by atoms with Crippen molar-refractivity contribution < 1.29 is 22.5 Å². The van der Waals surface area contributed by atoms with Crippen LogP contribution in [0.15, 0.2) is 34.9 Å². The number of aromatic nitrogens is 1. The summed E-state index contributed by atoms with van der Waals surface area (Å²) in [5, 5.41) is 3.92. The molecule has 1 saturated heterocycles. The predicted molar refractivity (Wildman–Crippen MR) is 93.7 cm³/mol. The van der Waals surface area contributed by atoms with Crippen molar-refractivity contribution in [2.45, 2.75) is 19.8 Å². The first-order chi connectivity index (χ1) is 12.4. The number of aryl methyl sites for hydroxylation is 1. The fraction of sp³-hybridized carbons (Fsp3) is 0.353. The van der Waals surface area contributed by atoms with Crippen molar-refractivity contribution >= 4 is 21.7 Å². The van der Waals surface area contributed by atoms with Gasteiger partial charge in [0.25, 0.3) is 5.91 Å². The van der Waals surface area contributed by atoms with Gasteiger partial charge < -0.3 is 4.52 Å². The lowest BCUT2D eigenvalue weighted by molar-refractivity contribution is -0.122. The van der Waals surface area contributed by atoms with E-state index in [1.165, 1.54) is 0 Å². The number of sulfone groups is 1. The Labute approximate surface area is 150 Å². The number of carbonyl (C=O) groups is 2. The van der Waals surface area contributed by atoms with Crippen LogP contribution >= 0.6 is 0 Å². The highest BCUT2D eigenvalue weighted by Gasteiger charge is 2.29. The third-order valence-electron chi connectivity index (χ3n) is 4.25. The number of benzene rings is 1. The van der Waals surface area contributed by atoms with Gasteiger partial charge in [0.2, 0.25) is 5.91 Å². The van der Waals surface area contributed by atoms with Crippen LogP contribution in [0.3, 0.4) is 0 Å². The lowest BCUT2D eigenvalue weighted by Gasteiger charge is -2.10. The van der Waals surface area contributed by atoms with Crippen LogP contribution in [0.5, 0.6) is 0 Å². The van der Waals surface area contributed by atoms with Crippen LogP contribution in [0.1, 0.15) is 29.0 Å². The van der Waals surface area contributed by atoms with E-state index in [1.807, 2.05) is 18.2 Å². The van der Waals surface area contributed by atoms with E-state index in [0.717, 1.165) is 5.56 Å². The molecule has 0 unspecified atom stereocenters. The molecule has 0 bridgehead atoms. The summed E-state index contributed by atoms with van der Waals surface area (Å²) in [5.74, 6) is -0.744. The van der Waals surface area contributed by atoms with Gasteiger partial charge in [-0.1, -0.05) is 35.5 Å². The average Bonchev–Trinajstić information content (AvgIpc) is 3.15. The Morgan fingerprint density at radius 2 is 1.96 bits per heavy atom. The number of carbonyl (C=O) groups excluding carboxylic acids is 2. The number of nitrogens with zero attached hydrogens (tertiary/aromatic N) is 1. The number of hydrazine groups is 1. The maximum atomic E-state index is 12.4. The monoisotopic (exact) mass is 377 g/mol. The molecule has 0 spiro atoms. The third-order valence-corrected chi connectivity index (χ3v) is 6.09. The molecule has 138 valence electrons.